The number of carbonyl (C=O) groups excluding carboxylic acids is 1. The van der Waals surface area contributed by atoms with Gasteiger partial charge in [0.05, 0.1) is 4.90 Å². The molecule has 0 aromatic heterocycles. The van der Waals surface area contributed by atoms with Crippen LogP contribution >= 0.6 is 0 Å². The zero-order valence-corrected chi connectivity index (χ0v) is 15.7. The minimum atomic E-state index is -3.78. The zero-order chi connectivity index (χ0) is 19.9. The number of sulfonamides is 1. The smallest absolute Gasteiger partial charge is 0.326 e. The molecule has 0 spiro atoms. The van der Waals surface area contributed by atoms with E-state index >= 15 is 0 Å². The van der Waals surface area contributed by atoms with Crippen LogP contribution in [0.1, 0.15) is 36.5 Å². The average molecular weight is 390 g/mol. The van der Waals surface area contributed by atoms with Gasteiger partial charge < -0.3 is 10.4 Å². The van der Waals surface area contributed by atoms with Gasteiger partial charge in [0.1, 0.15) is 6.04 Å². The molecule has 2 aromatic carbocycles. The van der Waals surface area contributed by atoms with Gasteiger partial charge in [-0.25, -0.2) is 13.2 Å². The molecule has 27 heavy (non-hydrogen) atoms. The Labute approximate surface area is 158 Å². The molecule has 3 N–H and O–H groups in total. The summed E-state index contributed by atoms with van der Waals surface area (Å²) in [5.41, 5.74) is 0.387. The van der Waals surface area contributed by atoms with E-state index in [-0.39, 0.29) is 16.1 Å². The van der Waals surface area contributed by atoms with E-state index in [2.05, 4.69) is 10.0 Å². The molecule has 7 nitrogen and oxygen atoms in total. The third-order valence-electron chi connectivity index (χ3n) is 3.88. The van der Waals surface area contributed by atoms with Gasteiger partial charge in [0.25, 0.3) is 15.9 Å². The summed E-state index contributed by atoms with van der Waals surface area (Å²) in [5, 5.41) is 11.7. The summed E-state index contributed by atoms with van der Waals surface area (Å²) in [6, 6.07) is 12.8. The van der Waals surface area contributed by atoms with Gasteiger partial charge in [-0.05, 0) is 36.8 Å². The molecule has 8 heteroatoms. The predicted molar refractivity (Wildman–Crippen MR) is 102 cm³/mol. The maximum absolute atomic E-state index is 12.4. The highest BCUT2D eigenvalue weighted by molar-refractivity contribution is 7.92. The maximum atomic E-state index is 12.4. The minimum absolute atomic E-state index is 0.102. The van der Waals surface area contributed by atoms with E-state index in [4.69, 9.17) is 0 Å². The number of carboxylic acids is 1. The highest BCUT2D eigenvalue weighted by Crippen LogP contribution is 2.17. The lowest BCUT2D eigenvalue weighted by Crippen LogP contribution is -2.40. The van der Waals surface area contributed by atoms with Gasteiger partial charge in [0.2, 0.25) is 0 Å². The number of amides is 1. The molecule has 2 rings (SSSR count). The van der Waals surface area contributed by atoms with Crippen LogP contribution in [0.2, 0.25) is 0 Å². The molecule has 2 aromatic rings. The SMILES string of the molecule is CCCCC(NC(=O)c1cccc(NS(=O)(=O)c2ccccc2)c1)C(=O)O. The van der Waals surface area contributed by atoms with Crippen LogP contribution < -0.4 is 10.0 Å². The van der Waals surface area contributed by atoms with E-state index in [1.54, 1.807) is 18.2 Å². The van der Waals surface area contributed by atoms with E-state index in [0.717, 1.165) is 6.42 Å². The normalized spacial score (nSPS) is 12.2. The second kappa shape index (κ2) is 9.18. The molecule has 0 saturated carbocycles. The Bertz CT molecular complexity index is 897. The van der Waals surface area contributed by atoms with Crippen LogP contribution in [0.5, 0.6) is 0 Å². The van der Waals surface area contributed by atoms with Crippen LogP contribution in [0.25, 0.3) is 0 Å². The van der Waals surface area contributed by atoms with Crippen molar-refractivity contribution < 1.29 is 23.1 Å². The van der Waals surface area contributed by atoms with Crippen molar-refractivity contribution in [2.45, 2.75) is 37.1 Å². The number of aliphatic carboxylic acids is 1. The van der Waals surface area contributed by atoms with Gasteiger partial charge in [0, 0.05) is 11.3 Å². The Morgan fingerprint density at radius 2 is 1.78 bits per heavy atom. The number of nitrogens with one attached hydrogen (secondary N) is 2. The monoisotopic (exact) mass is 390 g/mol. The molecule has 1 amide bonds. The molecule has 0 bridgehead atoms. The number of benzene rings is 2. The fraction of sp³-hybridized carbons (Fsp3) is 0.263. The summed E-state index contributed by atoms with van der Waals surface area (Å²) in [6.45, 7) is 1.93. The highest BCUT2D eigenvalue weighted by atomic mass is 32.2. The van der Waals surface area contributed by atoms with E-state index in [0.29, 0.717) is 12.8 Å². The lowest BCUT2D eigenvalue weighted by molar-refractivity contribution is -0.139. The van der Waals surface area contributed by atoms with Crippen LogP contribution in [-0.4, -0.2) is 31.4 Å². The van der Waals surface area contributed by atoms with Gasteiger partial charge in [-0.1, -0.05) is 44.0 Å². The van der Waals surface area contributed by atoms with Gasteiger partial charge in [-0.15, -0.1) is 0 Å². The predicted octanol–water partition coefficient (Wildman–Crippen LogP) is 2.86. The molecule has 0 radical (unpaired) electrons. The first-order chi connectivity index (χ1) is 12.8. The van der Waals surface area contributed by atoms with E-state index < -0.39 is 27.9 Å². The lowest BCUT2D eigenvalue weighted by Gasteiger charge is -2.15. The second-order valence-corrected chi connectivity index (χ2v) is 7.69. The quantitative estimate of drug-likeness (QED) is 0.609. The number of carbonyl (C=O) groups is 2. The topological polar surface area (TPSA) is 113 Å². The van der Waals surface area contributed by atoms with Crippen LogP contribution in [0.15, 0.2) is 59.5 Å². The van der Waals surface area contributed by atoms with Crippen molar-refractivity contribution in [3.8, 4) is 0 Å². The Morgan fingerprint density at radius 3 is 2.41 bits per heavy atom. The fourth-order valence-corrected chi connectivity index (χ4v) is 3.52. The molecule has 0 heterocycles. The number of carboxylic acid groups (broad SMARTS) is 1. The van der Waals surface area contributed by atoms with E-state index in [1.807, 2.05) is 6.92 Å². The van der Waals surface area contributed by atoms with Crippen molar-refractivity contribution in [1.29, 1.82) is 0 Å². The summed E-state index contributed by atoms with van der Waals surface area (Å²) in [7, 11) is -3.78. The van der Waals surface area contributed by atoms with Crippen molar-refractivity contribution in [3.63, 3.8) is 0 Å². The van der Waals surface area contributed by atoms with Gasteiger partial charge >= 0.3 is 5.97 Å². The highest BCUT2D eigenvalue weighted by Gasteiger charge is 2.20. The molecular weight excluding hydrogens is 368 g/mol. The van der Waals surface area contributed by atoms with E-state index in [9.17, 15) is 23.1 Å². The largest absolute Gasteiger partial charge is 0.480 e. The summed E-state index contributed by atoms with van der Waals surface area (Å²) < 4.78 is 27.2. The first-order valence-electron chi connectivity index (χ1n) is 8.55. The van der Waals surface area contributed by atoms with Gasteiger partial charge in [-0.2, -0.15) is 0 Å². The summed E-state index contributed by atoms with van der Waals surface area (Å²) in [4.78, 5) is 23.7. The number of anilines is 1. The second-order valence-electron chi connectivity index (χ2n) is 6.01. The number of rotatable bonds is 9. The average Bonchev–Trinajstić information content (AvgIpc) is 2.65. The minimum Gasteiger partial charge on any atom is -0.480 e. The Balaban J connectivity index is 2.14. The first-order valence-corrected chi connectivity index (χ1v) is 10.0. The lowest BCUT2D eigenvalue weighted by atomic mass is 10.1. The Hall–Kier alpha value is -2.87. The van der Waals surface area contributed by atoms with Crippen LogP contribution in [0, 0.1) is 0 Å². The number of hydrogen-bond acceptors (Lipinski definition) is 4. The van der Waals surface area contributed by atoms with Crippen LogP contribution in [-0.2, 0) is 14.8 Å². The molecular formula is C19H22N2O5S. The molecule has 1 unspecified atom stereocenters. The van der Waals surface area contributed by atoms with Crippen molar-refractivity contribution >= 4 is 27.6 Å². The molecule has 0 aliphatic heterocycles. The van der Waals surface area contributed by atoms with Crippen molar-refractivity contribution in [1.82, 2.24) is 5.32 Å². The van der Waals surface area contributed by atoms with Crippen molar-refractivity contribution in [2.75, 3.05) is 4.72 Å². The third-order valence-corrected chi connectivity index (χ3v) is 5.28. The van der Waals surface area contributed by atoms with Crippen molar-refractivity contribution in [2.24, 2.45) is 0 Å². The fourth-order valence-electron chi connectivity index (χ4n) is 2.44. The van der Waals surface area contributed by atoms with Crippen LogP contribution in [0.4, 0.5) is 5.69 Å². The first kappa shape index (κ1) is 20.4. The van der Waals surface area contributed by atoms with Crippen LogP contribution in [0.3, 0.4) is 0 Å². The molecule has 0 aliphatic rings. The summed E-state index contributed by atoms with van der Waals surface area (Å²) >= 11 is 0. The molecule has 144 valence electrons. The van der Waals surface area contributed by atoms with E-state index in [1.165, 1.54) is 36.4 Å². The zero-order valence-electron chi connectivity index (χ0n) is 14.9. The van der Waals surface area contributed by atoms with Crippen molar-refractivity contribution in [3.05, 3.63) is 60.2 Å². The number of unbranched alkanes of at least 4 members (excludes halogenated alkanes) is 1. The van der Waals surface area contributed by atoms with Gasteiger partial charge in [-0.3, -0.25) is 9.52 Å². The maximum Gasteiger partial charge on any atom is 0.326 e. The summed E-state index contributed by atoms with van der Waals surface area (Å²) in [6.07, 6.45) is 1.82. The molecule has 0 saturated heterocycles. The summed E-state index contributed by atoms with van der Waals surface area (Å²) in [5.74, 6) is -1.67. The standard InChI is InChI=1S/C19H22N2O5S/c1-2-3-12-17(19(23)24)20-18(22)14-8-7-9-15(13-14)21-27(25,26)16-10-5-4-6-11-16/h4-11,13,17,21H,2-3,12H2,1H3,(H,20,22)(H,23,24). The number of hydrogen-bond donors (Lipinski definition) is 3. The Kier molecular flexibility index (Phi) is 6.95. The third kappa shape index (κ3) is 5.82. The Morgan fingerprint density at radius 1 is 1.07 bits per heavy atom. The van der Waals surface area contributed by atoms with Gasteiger partial charge in [0.15, 0.2) is 0 Å². The molecule has 0 fully saturated rings. The molecule has 0 aliphatic carbocycles. The molecule has 1 atom stereocenters.